The van der Waals surface area contributed by atoms with Gasteiger partial charge in [0.2, 0.25) is 0 Å². The minimum atomic E-state index is -0.137. The van der Waals surface area contributed by atoms with E-state index in [0.29, 0.717) is 12.1 Å². The summed E-state index contributed by atoms with van der Waals surface area (Å²) in [5, 5.41) is 28.8. The Morgan fingerprint density at radius 2 is 1.69 bits per heavy atom. The van der Waals surface area contributed by atoms with Crippen molar-refractivity contribution >= 4 is 0 Å². The van der Waals surface area contributed by atoms with Gasteiger partial charge in [0.15, 0.2) is 0 Å². The van der Waals surface area contributed by atoms with E-state index < -0.39 is 0 Å². The molecule has 1 aromatic rings. The molecular formula is C12H17NO3. The van der Waals surface area contributed by atoms with E-state index in [1.165, 1.54) is 12.1 Å². The fourth-order valence-corrected chi connectivity index (χ4v) is 2.68. The van der Waals surface area contributed by atoms with Gasteiger partial charge in [0.25, 0.3) is 0 Å². The first-order valence-corrected chi connectivity index (χ1v) is 5.34. The minimum Gasteiger partial charge on any atom is -0.508 e. The van der Waals surface area contributed by atoms with Crippen molar-refractivity contribution in [3.63, 3.8) is 0 Å². The summed E-state index contributed by atoms with van der Waals surface area (Å²) < 4.78 is 0. The smallest absolute Gasteiger partial charge is 0.126 e. The molecule has 0 aromatic heterocycles. The Kier molecular flexibility index (Phi) is 2.27. The fourth-order valence-electron chi connectivity index (χ4n) is 2.68. The van der Waals surface area contributed by atoms with Gasteiger partial charge in [-0.05, 0) is 17.9 Å². The van der Waals surface area contributed by atoms with Crippen LogP contribution in [0.3, 0.4) is 0 Å². The highest BCUT2D eigenvalue weighted by atomic mass is 16.3. The second kappa shape index (κ2) is 3.28. The van der Waals surface area contributed by atoms with Crippen molar-refractivity contribution in [1.29, 1.82) is 0 Å². The van der Waals surface area contributed by atoms with Gasteiger partial charge in [-0.25, -0.2) is 0 Å². The van der Waals surface area contributed by atoms with Crippen LogP contribution in [0.25, 0.3) is 0 Å². The van der Waals surface area contributed by atoms with Crippen LogP contribution in [-0.4, -0.2) is 21.9 Å². The lowest BCUT2D eigenvalue weighted by Crippen LogP contribution is -2.05. The summed E-state index contributed by atoms with van der Waals surface area (Å²) in [7, 11) is 0. The molecule has 1 fully saturated rings. The first kappa shape index (κ1) is 11.1. The molecule has 0 bridgehead atoms. The summed E-state index contributed by atoms with van der Waals surface area (Å²) in [6.07, 6.45) is 0. The fraction of sp³-hybridized carbons (Fsp3) is 0.500. The van der Waals surface area contributed by atoms with Crippen LogP contribution in [0.1, 0.15) is 25.3 Å². The maximum absolute atomic E-state index is 9.77. The number of nitrogens with two attached hydrogens (primary N) is 1. The molecule has 1 saturated carbocycles. The van der Waals surface area contributed by atoms with E-state index in [1.54, 1.807) is 0 Å². The molecule has 4 heteroatoms. The quantitative estimate of drug-likeness (QED) is 0.612. The number of hydrogen-bond acceptors (Lipinski definition) is 4. The molecule has 0 heterocycles. The number of aromatic hydroxyl groups is 3. The number of phenols is 3. The summed E-state index contributed by atoms with van der Waals surface area (Å²) in [6.45, 7) is 4.64. The Balaban J connectivity index is 2.44. The molecule has 88 valence electrons. The van der Waals surface area contributed by atoms with Gasteiger partial charge >= 0.3 is 0 Å². The third-order valence-corrected chi connectivity index (χ3v) is 3.74. The first-order chi connectivity index (χ1) is 7.39. The van der Waals surface area contributed by atoms with Crippen LogP contribution in [0, 0.1) is 11.3 Å². The lowest BCUT2D eigenvalue weighted by molar-refractivity contribution is 0.415. The highest BCUT2D eigenvalue weighted by Gasteiger charge is 2.59. The Bertz CT molecular complexity index is 405. The second-order valence-corrected chi connectivity index (χ2v) is 5.04. The van der Waals surface area contributed by atoms with Crippen LogP contribution in [0.2, 0.25) is 0 Å². The summed E-state index contributed by atoms with van der Waals surface area (Å²) in [6, 6.07) is 2.49. The molecule has 0 saturated heterocycles. The van der Waals surface area contributed by atoms with Gasteiger partial charge in [-0.1, -0.05) is 13.8 Å². The standard InChI is InChI=1S/C12H17NO3/c1-12(2)7(5-13)11(12)10-8(15)3-6(14)4-9(10)16/h3-4,7,11,14-16H,5,13H2,1-2H3/t7-,11+/m1/s1. The monoisotopic (exact) mass is 223 g/mol. The topological polar surface area (TPSA) is 86.7 Å². The molecule has 0 aliphatic heterocycles. The zero-order chi connectivity index (χ0) is 12.1. The van der Waals surface area contributed by atoms with Gasteiger partial charge in [0.05, 0.1) is 0 Å². The molecule has 1 aromatic carbocycles. The highest BCUT2D eigenvalue weighted by Crippen LogP contribution is 2.66. The Hall–Kier alpha value is -1.42. The van der Waals surface area contributed by atoms with Gasteiger partial charge in [-0.3, -0.25) is 0 Å². The van der Waals surface area contributed by atoms with Gasteiger partial charge in [0.1, 0.15) is 17.2 Å². The number of hydrogen-bond donors (Lipinski definition) is 4. The lowest BCUT2D eigenvalue weighted by atomic mass is 10.0. The molecule has 2 atom stereocenters. The highest BCUT2D eigenvalue weighted by molar-refractivity contribution is 5.54. The molecule has 16 heavy (non-hydrogen) atoms. The van der Waals surface area contributed by atoms with Crippen LogP contribution in [0.4, 0.5) is 0 Å². The van der Waals surface area contributed by atoms with E-state index in [1.807, 2.05) is 0 Å². The lowest BCUT2D eigenvalue weighted by Gasteiger charge is -2.09. The van der Waals surface area contributed by atoms with Gasteiger partial charge in [-0.2, -0.15) is 0 Å². The number of phenolic OH excluding ortho intramolecular Hbond substituents is 3. The molecule has 4 nitrogen and oxygen atoms in total. The van der Waals surface area contributed by atoms with Gasteiger partial charge < -0.3 is 21.1 Å². The maximum Gasteiger partial charge on any atom is 0.126 e. The van der Waals surface area contributed by atoms with E-state index in [4.69, 9.17) is 5.73 Å². The third kappa shape index (κ3) is 1.41. The summed E-state index contributed by atoms with van der Waals surface area (Å²) in [5.74, 6) is 0.0477. The third-order valence-electron chi connectivity index (χ3n) is 3.74. The van der Waals surface area contributed by atoms with Crippen molar-refractivity contribution in [2.45, 2.75) is 19.8 Å². The first-order valence-electron chi connectivity index (χ1n) is 5.34. The van der Waals surface area contributed by atoms with E-state index in [2.05, 4.69) is 13.8 Å². The van der Waals surface area contributed by atoms with Crippen LogP contribution in [-0.2, 0) is 0 Å². The predicted molar refractivity (Wildman–Crippen MR) is 60.5 cm³/mol. The van der Waals surface area contributed by atoms with E-state index in [-0.39, 0.29) is 34.5 Å². The van der Waals surface area contributed by atoms with E-state index in [0.717, 1.165) is 0 Å². The predicted octanol–water partition coefficient (Wildman–Crippen LogP) is 1.50. The minimum absolute atomic E-state index is 0.0132. The Morgan fingerprint density at radius 1 is 1.19 bits per heavy atom. The van der Waals surface area contributed by atoms with Crippen LogP contribution >= 0.6 is 0 Å². The van der Waals surface area contributed by atoms with Crippen LogP contribution < -0.4 is 5.73 Å². The molecular weight excluding hydrogens is 206 g/mol. The van der Waals surface area contributed by atoms with Crippen molar-refractivity contribution in [1.82, 2.24) is 0 Å². The summed E-state index contributed by atoms with van der Waals surface area (Å²) >= 11 is 0. The summed E-state index contributed by atoms with van der Waals surface area (Å²) in [5.41, 5.74) is 6.14. The van der Waals surface area contributed by atoms with Gasteiger partial charge in [0, 0.05) is 23.6 Å². The molecule has 5 N–H and O–H groups in total. The zero-order valence-electron chi connectivity index (χ0n) is 9.44. The normalized spacial score (nSPS) is 26.7. The molecule has 0 spiro atoms. The van der Waals surface area contributed by atoms with Crippen molar-refractivity contribution in [3.05, 3.63) is 17.7 Å². The Morgan fingerprint density at radius 3 is 2.06 bits per heavy atom. The SMILES string of the molecule is CC1(C)[C@H](CN)[C@H]1c1c(O)cc(O)cc1O. The van der Waals surface area contributed by atoms with Crippen molar-refractivity contribution in [2.24, 2.45) is 17.1 Å². The molecule has 2 rings (SSSR count). The summed E-state index contributed by atoms with van der Waals surface area (Å²) in [4.78, 5) is 0. The molecule has 0 unspecified atom stereocenters. The number of benzene rings is 1. The van der Waals surface area contributed by atoms with E-state index in [9.17, 15) is 15.3 Å². The zero-order valence-corrected chi connectivity index (χ0v) is 9.44. The molecule has 0 radical (unpaired) electrons. The van der Waals surface area contributed by atoms with Crippen LogP contribution in [0.15, 0.2) is 12.1 Å². The molecule has 1 aliphatic rings. The van der Waals surface area contributed by atoms with Crippen molar-refractivity contribution in [3.8, 4) is 17.2 Å². The average Bonchev–Trinajstić information content (AvgIpc) is 2.66. The van der Waals surface area contributed by atoms with Gasteiger partial charge in [-0.15, -0.1) is 0 Å². The number of rotatable bonds is 2. The molecule has 1 aliphatic carbocycles. The maximum atomic E-state index is 9.77. The van der Waals surface area contributed by atoms with Crippen LogP contribution in [0.5, 0.6) is 17.2 Å². The Labute approximate surface area is 94.3 Å². The largest absolute Gasteiger partial charge is 0.508 e. The van der Waals surface area contributed by atoms with E-state index >= 15 is 0 Å². The second-order valence-electron chi connectivity index (χ2n) is 5.04. The van der Waals surface area contributed by atoms with Crippen molar-refractivity contribution in [2.75, 3.05) is 6.54 Å². The molecule has 0 amide bonds. The average molecular weight is 223 g/mol. The van der Waals surface area contributed by atoms with Crippen molar-refractivity contribution < 1.29 is 15.3 Å².